The molecule has 0 aliphatic rings. The zero-order valence-corrected chi connectivity index (χ0v) is 10.6. The van der Waals surface area contributed by atoms with Crippen LogP contribution in [-0.2, 0) is 0 Å². The molecule has 0 fully saturated rings. The van der Waals surface area contributed by atoms with Crippen molar-refractivity contribution in [2.45, 2.75) is 33.6 Å². The Labute approximate surface area is 102 Å². The van der Waals surface area contributed by atoms with Crippen LogP contribution in [-0.4, -0.2) is 28.2 Å². The molecule has 17 heavy (non-hydrogen) atoms. The second kappa shape index (κ2) is 6.88. The molecule has 0 aromatic carbocycles. The van der Waals surface area contributed by atoms with Gasteiger partial charge in [-0.25, -0.2) is 0 Å². The first-order chi connectivity index (χ1) is 8.11. The molecule has 0 spiro atoms. The van der Waals surface area contributed by atoms with Crippen LogP contribution in [0.2, 0.25) is 0 Å². The topological polar surface area (TPSA) is 83.2 Å². The van der Waals surface area contributed by atoms with Gasteiger partial charge >= 0.3 is 12.0 Å². The van der Waals surface area contributed by atoms with Gasteiger partial charge in [-0.05, 0) is 25.7 Å². The maximum absolute atomic E-state index is 5.52. The van der Waals surface area contributed by atoms with E-state index in [1.165, 1.54) is 0 Å². The molecule has 96 valence electrons. The molecule has 0 unspecified atom stereocenters. The molecule has 1 aromatic rings. The van der Waals surface area contributed by atoms with Gasteiger partial charge in [0.15, 0.2) is 0 Å². The van der Waals surface area contributed by atoms with E-state index in [0.717, 1.165) is 12.8 Å². The van der Waals surface area contributed by atoms with Crippen molar-refractivity contribution in [2.24, 2.45) is 5.92 Å². The molecular weight excluding hydrogens is 220 g/mol. The Kier molecular flexibility index (Phi) is 5.45. The van der Waals surface area contributed by atoms with Gasteiger partial charge in [-0.3, -0.25) is 0 Å². The van der Waals surface area contributed by atoms with Crippen LogP contribution in [0.4, 0.5) is 5.95 Å². The molecule has 0 aliphatic heterocycles. The molecular formula is C11H20N4O2. The van der Waals surface area contributed by atoms with Crippen LogP contribution in [0.1, 0.15) is 33.6 Å². The molecule has 6 heteroatoms. The minimum Gasteiger partial charge on any atom is -0.464 e. The largest absolute Gasteiger partial charge is 0.464 e. The maximum atomic E-state index is 5.52. The van der Waals surface area contributed by atoms with Crippen molar-refractivity contribution in [3.05, 3.63) is 0 Å². The molecule has 6 nitrogen and oxygen atoms in total. The summed E-state index contributed by atoms with van der Waals surface area (Å²) in [6, 6.07) is 0.434. The van der Waals surface area contributed by atoms with Crippen LogP contribution in [0.3, 0.4) is 0 Å². The van der Waals surface area contributed by atoms with Crippen LogP contribution >= 0.6 is 0 Å². The van der Waals surface area contributed by atoms with Crippen LogP contribution in [0, 0.1) is 5.92 Å². The van der Waals surface area contributed by atoms with Crippen LogP contribution in [0.25, 0.3) is 0 Å². The molecule has 2 N–H and O–H groups in total. The maximum Gasteiger partial charge on any atom is 0.324 e. The number of ether oxygens (including phenoxy) is 2. The summed E-state index contributed by atoms with van der Waals surface area (Å²) in [4.78, 5) is 11.7. The third kappa shape index (κ3) is 5.33. The average Bonchev–Trinajstić information content (AvgIpc) is 2.24. The Balaban J connectivity index is 2.46. The Hall–Kier alpha value is -1.59. The normalized spacial score (nSPS) is 10.6. The van der Waals surface area contributed by atoms with E-state index in [4.69, 9.17) is 15.2 Å². The molecule has 0 aliphatic carbocycles. The Morgan fingerprint density at radius 3 is 2.35 bits per heavy atom. The highest BCUT2D eigenvalue weighted by atomic mass is 16.5. The van der Waals surface area contributed by atoms with Gasteiger partial charge in [0.25, 0.3) is 0 Å². The highest BCUT2D eigenvalue weighted by molar-refractivity contribution is 5.20. The van der Waals surface area contributed by atoms with Crippen molar-refractivity contribution in [3.8, 4) is 12.0 Å². The molecule has 0 saturated carbocycles. The number of nitrogen functional groups attached to an aromatic ring is 1. The summed E-state index contributed by atoms with van der Waals surface area (Å²) in [5, 5.41) is 0. The van der Waals surface area contributed by atoms with Crippen LogP contribution in [0.15, 0.2) is 0 Å². The third-order valence-electron chi connectivity index (χ3n) is 2.04. The predicted octanol–water partition coefficient (Wildman–Crippen LogP) is 1.67. The summed E-state index contributed by atoms with van der Waals surface area (Å²) >= 11 is 0. The van der Waals surface area contributed by atoms with Gasteiger partial charge in [-0.1, -0.05) is 13.8 Å². The fraction of sp³-hybridized carbons (Fsp3) is 0.727. The van der Waals surface area contributed by atoms with E-state index in [9.17, 15) is 0 Å². The monoisotopic (exact) mass is 240 g/mol. The average molecular weight is 240 g/mol. The quantitative estimate of drug-likeness (QED) is 0.730. The fourth-order valence-electron chi connectivity index (χ4n) is 1.27. The van der Waals surface area contributed by atoms with Crippen molar-refractivity contribution >= 4 is 5.95 Å². The fourth-order valence-corrected chi connectivity index (χ4v) is 1.27. The highest BCUT2D eigenvalue weighted by Crippen LogP contribution is 2.11. The molecule has 0 bridgehead atoms. The minimum atomic E-state index is 0.113. The van der Waals surface area contributed by atoms with E-state index in [1.807, 2.05) is 6.92 Å². The summed E-state index contributed by atoms with van der Waals surface area (Å²) in [6.07, 6.45) is 2.08. The predicted molar refractivity (Wildman–Crippen MR) is 65.0 cm³/mol. The standard InChI is InChI=1S/C11H20N4O2/c1-4-16-10-13-9(12)14-11(15-10)17-7-5-6-8(2)3/h8H,4-7H2,1-3H3,(H2,12,13,14,15). The number of rotatable bonds is 7. The first-order valence-corrected chi connectivity index (χ1v) is 5.89. The zero-order valence-electron chi connectivity index (χ0n) is 10.6. The van der Waals surface area contributed by atoms with Crippen molar-refractivity contribution in [1.82, 2.24) is 15.0 Å². The van der Waals surface area contributed by atoms with Gasteiger partial charge in [0, 0.05) is 0 Å². The van der Waals surface area contributed by atoms with Crippen LogP contribution in [0.5, 0.6) is 12.0 Å². The van der Waals surface area contributed by atoms with Gasteiger partial charge in [-0.2, -0.15) is 9.97 Å². The third-order valence-corrected chi connectivity index (χ3v) is 2.04. The lowest BCUT2D eigenvalue weighted by molar-refractivity contribution is 0.260. The van der Waals surface area contributed by atoms with Gasteiger partial charge < -0.3 is 15.2 Å². The molecule has 0 amide bonds. The summed E-state index contributed by atoms with van der Waals surface area (Å²) in [5.41, 5.74) is 5.52. The first-order valence-electron chi connectivity index (χ1n) is 5.89. The van der Waals surface area contributed by atoms with Gasteiger partial charge in [-0.15, -0.1) is 4.98 Å². The summed E-state index contributed by atoms with van der Waals surface area (Å²) in [6.45, 7) is 7.26. The Morgan fingerprint density at radius 2 is 1.76 bits per heavy atom. The summed E-state index contributed by atoms with van der Waals surface area (Å²) in [5.74, 6) is 0.781. The highest BCUT2D eigenvalue weighted by Gasteiger charge is 2.06. The number of anilines is 1. The van der Waals surface area contributed by atoms with Crippen LogP contribution < -0.4 is 15.2 Å². The summed E-state index contributed by atoms with van der Waals surface area (Å²) < 4.78 is 10.6. The van der Waals surface area contributed by atoms with E-state index >= 15 is 0 Å². The number of aromatic nitrogens is 3. The lowest BCUT2D eigenvalue weighted by Crippen LogP contribution is -2.08. The second-order valence-corrected chi connectivity index (χ2v) is 4.08. The Bertz CT molecular complexity index is 344. The number of nitrogens with two attached hydrogens (primary N) is 1. The molecule has 1 heterocycles. The van der Waals surface area contributed by atoms with E-state index in [0.29, 0.717) is 19.1 Å². The van der Waals surface area contributed by atoms with E-state index in [-0.39, 0.29) is 18.0 Å². The van der Waals surface area contributed by atoms with E-state index in [1.54, 1.807) is 0 Å². The summed E-state index contributed by atoms with van der Waals surface area (Å²) in [7, 11) is 0. The lowest BCUT2D eigenvalue weighted by Gasteiger charge is -2.07. The zero-order chi connectivity index (χ0) is 12.7. The number of nitrogens with zero attached hydrogens (tertiary/aromatic N) is 3. The SMILES string of the molecule is CCOc1nc(N)nc(OCCCC(C)C)n1. The van der Waals surface area contributed by atoms with Gasteiger partial charge in [0.1, 0.15) is 0 Å². The van der Waals surface area contributed by atoms with E-state index in [2.05, 4.69) is 28.8 Å². The van der Waals surface area contributed by atoms with Crippen molar-refractivity contribution in [2.75, 3.05) is 18.9 Å². The molecule has 0 radical (unpaired) electrons. The van der Waals surface area contributed by atoms with Crippen molar-refractivity contribution in [1.29, 1.82) is 0 Å². The lowest BCUT2D eigenvalue weighted by atomic mass is 10.1. The second-order valence-electron chi connectivity index (χ2n) is 4.08. The molecule has 1 rings (SSSR count). The molecule has 1 aromatic heterocycles. The molecule has 0 atom stereocenters. The number of hydrogen-bond acceptors (Lipinski definition) is 6. The van der Waals surface area contributed by atoms with E-state index < -0.39 is 0 Å². The van der Waals surface area contributed by atoms with Gasteiger partial charge in [0.2, 0.25) is 5.95 Å². The Morgan fingerprint density at radius 1 is 1.12 bits per heavy atom. The van der Waals surface area contributed by atoms with Crippen molar-refractivity contribution in [3.63, 3.8) is 0 Å². The first kappa shape index (κ1) is 13.5. The van der Waals surface area contributed by atoms with Gasteiger partial charge in [0.05, 0.1) is 13.2 Å². The number of hydrogen-bond donors (Lipinski definition) is 1. The molecule has 0 saturated heterocycles. The van der Waals surface area contributed by atoms with Crippen molar-refractivity contribution < 1.29 is 9.47 Å². The smallest absolute Gasteiger partial charge is 0.324 e. The minimum absolute atomic E-state index is 0.113.